The molecular weight excluding hydrogens is 929 g/mol. The van der Waals surface area contributed by atoms with Gasteiger partial charge in [0.25, 0.3) is 0 Å². The Hall–Kier alpha value is -6.84. The van der Waals surface area contributed by atoms with Gasteiger partial charge < -0.3 is 56.8 Å². The molecule has 0 fully saturated rings. The average Bonchev–Trinajstić information content (AvgIpc) is 3.31. The van der Waals surface area contributed by atoms with Gasteiger partial charge in [-0.3, -0.25) is 19.2 Å². The van der Waals surface area contributed by atoms with Crippen LogP contribution in [0, 0.1) is 27.7 Å². The minimum absolute atomic E-state index is 0.120. The van der Waals surface area contributed by atoms with Crippen LogP contribution in [0.4, 0.5) is 0 Å². The van der Waals surface area contributed by atoms with Crippen molar-refractivity contribution in [2.24, 2.45) is 0 Å². The van der Waals surface area contributed by atoms with Crippen LogP contribution in [-0.4, -0.2) is 77.5 Å². The van der Waals surface area contributed by atoms with E-state index in [-0.39, 0.29) is 101 Å². The minimum atomic E-state index is -0.370. The van der Waals surface area contributed by atoms with Crippen molar-refractivity contribution < 1.29 is 76.0 Å². The summed E-state index contributed by atoms with van der Waals surface area (Å²) in [7, 11) is 0. The summed E-state index contributed by atoms with van der Waals surface area (Å²) in [4.78, 5) is 48.6. The summed E-state index contributed by atoms with van der Waals surface area (Å²) in [6.45, 7) is 13.9. The van der Waals surface area contributed by atoms with E-state index in [1.165, 1.54) is 27.7 Å². The lowest BCUT2D eigenvalue weighted by Gasteiger charge is -2.37. The Kier molecular flexibility index (Phi) is 15.0. The molecule has 0 N–H and O–H groups in total. The second-order valence-corrected chi connectivity index (χ2v) is 19.1. The Morgan fingerprint density at radius 1 is 0.347 bits per heavy atom. The van der Waals surface area contributed by atoms with Crippen LogP contribution in [-0.2, 0) is 38.1 Å². The average molecular weight is 993 g/mol. The topological polar surface area (TPSA) is 179 Å². The first kappa shape index (κ1) is 50.1. The zero-order valence-electron chi connectivity index (χ0n) is 42.5. The number of carbonyl (C=O) groups is 4. The molecule has 4 aromatic carbocycles. The highest BCUT2D eigenvalue weighted by Crippen LogP contribution is 2.58. The van der Waals surface area contributed by atoms with Crippen molar-refractivity contribution >= 4 is 23.9 Å². The molecule has 16 nitrogen and oxygen atoms in total. The summed E-state index contributed by atoms with van der Waals surface area (Å²) in [6.07, 6.45) is 4.21. The van der Waals surface area contributed by atoms with Crippen molar-refractivity contribution in [3.8, 4) is 46.0 Å². The number of hydrogen-bond acceptors (Lipinski definition) is 16. The SMILES string of the molecule is CC(=O)OCCCC1c2cc3c4c(C)c2OCOc2c1cc1c(c2C)OCOc2c(cc5c(c2C)OCOc2c(cc(c(c2C)OCO4)C3CCCOC(C)=O)C5CCCOC(C)=O)C1CCCOC(C)=O. The van der Waals surface area contributed by atoms with Crippen molar-refractivity contribution in [2.75, 3.05) is 53.6 Å². The monoisotopic (exact) mass is 992 g/mol. The molecule has 0 saturated heterocycles. The molecule has 1 aliphatic carbocycles. The lowest BCUT2D eigenvalue weighted by Crippen LogP contribution is -2.24. The molecule has 384 valence electrons. The molecule has 16 heteroatoms. The van der Waals surface area contributed by atoms with Gasteiger partial charge in [-0.15, -0.1) is 0 Å². The molecular formula is C56H64O16. The first-order valence-corrected chi connectivity index (χ1v) is 25.0. The molecule has 0 radical (unpaired) electrons. The fourth-order valence-corrected chi connectivity index (χ4v) is 11.5. The van der Waals surface area contributed by atoms with Crippen molar-refractivity contribution in [3.05, 3.63) is 91.0 Å². The van der Waals surface area contributed by atoms with Crippen LogP contribution in [0.15, 0.2) is 24.3 Å². The van der Waals surface area contributed by atoms with E-state index >= 15 is 0 Å². The summed E-state index contributed by atoms with van der Waals surface area (Å²) in [6, 6.07) is 8.79. The number of benzene rings is 4. The highest BCUT2D eigenvalue weighted by molar-refractivity contribution is 5.70. The molecule has 9 rings (SSSR count). The molecule has 72 heavy (non-hydrogen) atoms. The highest BCUT2D eigenvalue weighted by Gasteiger charge is 2.40. The van der Waals surface area contributed by atoms with Gasteiger partial charge in [-0.2, -0.15) is 0 Å². The summed E-state index contributed by atoms with van der Waals surface area (Å²) in [5.74, 6) is 1.95. The predicted molar refractivity (Wildman–Crippen MR) is 260 cm³/mol. The Morgan fingerprint density at radius 3 is 0.667 bits per heavy atom. The van der Waals surface area contributed by atoms with Crippen molar-refractivity contribution in [1.82, 2.24) is 0 Å². The van der Waals surface area contributed by atoms with E-state index in [1.54, 1.807) is 0 Å². The van der Waals surface area contributed by atoms with Gasteiger partial charge in [-0.1, -0.05) is 0 Å². The van der Waals surface area contributed by atoms with Crippen molar-refractivity contribution in [2.45, 2.75) is 130 Å². The fraction of sp³-hybridized carbons (Fsp3) is 0.500. The number of hydrogen-bond donors (Lipinski definition) is 0. The van der Waals surface area contributed by atoms with Crippen LogP contribution >= 0.6 is 0 Å². The van der Waals surface area contributed by atoms with Crippen molar-refractivity contribution in [3.63, 3.8) is 0 Å². The van der Waals surface area contributed by atoms with E-state index in [4.69, 9.17) is 56.8 Å². The largest absolute Gasteiger partial charge is 0.466 e. The maximum absolute atomic E-state index is 12.1. The van der Waals surface area contributed by atoms with Crippen LogP contribution < -0.4 is 37.9 Å². The maximum Gasteiger partial charge on any atom is 0.302 e. The van der Waals surface area contributed by atoms with Gasteiger partial charge in [0.15, 0.2) is 0 Å². The van der Waals surface area contributed by atoms with Gasteiger partial charge >= 0.3 is 23.9 Å². The van der Waals surface area contributed by atoms with E-state index in [0.29, 0.717) is 97.4 Å². The quantitative estimate of drug-likeness (QED) is 0.0587. The Morgan fingerprint density at radius 2 is 0.514 bits per heavy atom. The summed E-state index contributed by atoms with van der Waals surface area (Å²) in [5.41, 5.74) is 10.2. The Bertz CT molecular complexity index is 2280. The molecule has 0 aromatic heterocycles. The first-order chi connectivity index (χ1) is 34.7. The first-order valence-electron chi connectivity index (χ1n) is 25.0. The molecule has 4 aliphatic heterocycles. The highest BCUT2D eigenvalue weighted by atomic mass is 16.7. The number of esters is 4. The van der Waals surface area contributed by atoms with E-state index in [2.05, 4.69) is 24.3 Å². The molecule has 0 atom stereocenters. The van der Waals surface area contributed by atoms with Crippen LogP contribution in [0.3, 0.4) is 0 Å². The molecule has 4 heterocycles. The molecule has 8 bridgehead atoms. The zero-order valence-corrected chi connectivity index (χ0v) is 42.5. The molecule has 0 unspecified atom stereocenters. The van der Waals surface area contributed by atoms with Crippen LogP contribution in [0.1, 0.15) is 169 Å². The third kappa shape index (κ3) is 9.88. The number of ether oxygens (including phenoxy) is 12. The van der Waals surface area contributed by atoms with Gasteiger partial charge in [0, 0.05) is 118 Å². The van der Waals surface area contributed by atoms with E-state index in [9.17, 15) is 19.2 Å². The van der Waals surface area contributed by atoms with E-state index in [0.717, 1.165) is 66.8 Å². The van der Waals surface area contributed by atoms with Crippen LogP contribution in [0.2, 0.25) is 0 Å². The van der Waals surface area contributed by atoms with E-state index < -0.39 is 0 Å². The van der Waals surface area contributed by atoms with Gasteiger partial charge in [-0.05, 0) is 103 Å². The van der Waals surface area contributed by atoms with Gasteiger partial charge in [0.1, 0.15) is 46.0 Å². The number of carbonyl (C=O) groups excluding carboxylic acids is 4. The third-order valence-electron chi connectivity index (χ3n) is 14.5. The Balaban J connectivity index is 1.40. The fourth-order valence-electron chi connectivity index (χ4n) is 11.5. The van der Waals surface area contributed by atoms with Crippen LogP contribution in [0.5, 0.6) is 46.0 Å². The van der Waals surface area contributed by atoms with Gasteiger partial charge in [0.05, 0.1) is 26.4 Å². The lowest BCUT2D eigenvalue weighted by molar-refractivity contribution is -0.142. The smallest absolute Gasteiger partial charge is 0.302 e. The number of rotatable bonds is 16. The van der Waals surface area contributed by atoms with Gasteiger partial charge in [0.2, 0.25) is 27.2 Å². The van der Waals surface area contributed by atoms with Crippen molar-refractivity contribution in [1.29, 1.82) is 0 Å². The molecule has 0 saturated carbocycles. The maximum atomic E-state index is 12.1. The molecule has 5 aliphatic rings. The molecule has 0 amide bonds. The minimum Gasteiger partial charge on any atom is -0.466 e. The summed E-state index contributed by atoms with van der Waals surface area (Å²) < 4.78 is 75.7. The second-order valence-electron chi connectivity index (χ2n) is 19.1. The Labute approximate surface area is 419 Å². The van der Waals surface area contributed by atoms with Gasteiger partial charge in [-0.25, -0.2) is 0 Å². The zero-order chi connectivity index (χ0) is 50.8. The van der Waals surface area contributed by atoms with Crippen LogP contribution in [0.25, 0.3) is 0 Å². The molecule has 0 spiro atoms. The predicted octanol–water partition coefficient (Wildman–Crippen LogP) is 10.0. The van der Waals surface area contributed by atoms with E-state index in [1.807, 2.05) is 27.7 Å². The third-order valence-corrected chi connectivity index (χ3v) is 14.5. The summed E-state index contributed by atoms with van der Waals surface area (Å²) >= 11 is 0. The molecule has 4 aromatic rings. The standard InChI is InChI=1S/C56H64O16/c1-29-49-41-21-42-38(14-10-18-62-34(6)58)44-23-46-40(16-12-20-64-36(8)60)48-24-47-39(15-11-19-63-35(7)59)45-22-43(37(41)13-9-17-61-33(5)57)51(67-25-65-49)30(2)53(45)69-27-71-55(47)32(4)56(48)72-28-70-54(46)31(3)52(44)68-26-66-50(29)42/h21-24,37-40H,9-20,25-28H2,1-8H3. The second kappa shape index (κ2) is 21.5. The lowest BCUT2D eigenvalue weighted by atomic mass is 9.74. The summed E-state index contributed by atoms with van der Waals surface area (Å²) in [5, 5.41) is 0. The normalized spacial score (nSPS) is 18.4.